The van der Waals surface area contributed by atoms with E-state index >= 15 is 0 Å². The molecule has 27 heavy (non-hydrogen) atoms. The highest BCUT2D eigenvalue weighted by Gasteiger charge is 2.52. The first kappa shape index (κ1) is 16.4. The Bertz CT molecular complexity index is 1060. The number of nitrogens with zero attached hydrogens (tertiary/aromatic N) is 2. The van der Waals surface area contributed by atoms with Crippen molar-refractivity contribution < 1.29 is 9.59 Å². The zero-order valence-corrected chi connectivity index (χ0v) is 15.3. The summed E-state index contributed by atoms with van der Waals surface area (Å²) in [5.74, 6) is -0.0361. The highest BCUT2D eigenvalue weighted by molar-refractivity contribution is 6.34. The Morgan fingerprint density at radius 2 is 1.93 bits per heavy atom. The molecule has 2 atom stereocenters. The van der Waals surface area contributed by atoms with E-state index in [2.05, 4.69) is 4.98 Å². The third-order valence-electron chi connectivity index (χ3n) is 5.62. The Labute approximate surface area is 161 Å². The van der Waals surface area contributed by atoms with Gasteiger partial charge in [-0.2, -0.15) is 0 Å². The van der Waals surface area contributed by atoms with E-state index in [9.17, 15) is 9.59 Å². The molecule has 6 heteroatoms. The summed E-state index contributed by atoms with van der Waals surface area (Å²) in [5.41, 5.74) is 2.72. The van der Waals surface area contributed by atoms with Gasteiger partial charge in [-0.25, -0.2) is 0 Å². The van der Waals surface area contributed by atoms with Crippen molar-refractivity contribution >= 4 is 40.0 Å². The molecule has 2 fully saturated rings. The molecule has 2 amide bonds. The van der Waals surface area contributed by atoms with E-state index in [1.165, 1.54) is 0 Å². The second-order valence-electron chi connectivity index (χ2n) is 7.15. The lowest BCUT2D eigenvalue weighted by Gasteiger charge is -2.34. The summed E-state index contributed by atoms with van der Waals surface area (Å²) in [6, 6.07) is 14.9. The first-order valence-corrected chi connectivity index (χ1v) is 9.43. The van der Waals surface area contributed by atoms with Crippen molar-refractivity contribution in [3.8, 4) is 0 Å². The van der Waals surface area contributed by atoms with Crippen LogP contribution >= 0.6 is 11.6 Å². The Hall–Kier alpha value is -2.79. The van der Waals surface area contributed by atoms with Crippen molar-refractivity contribution in [2.75, 3.05) is 11.4 Å². The molecule has 0 saturated carbocycles. The Kier molecular flexibility index (Phi) is 3.72. The summed E-state index contributed by atoms with van der Waals surface area (Å²) in [6.45, 7) is 0.558. The van der Waals surface area contributed by atoms with Crippen molar-refractivity contribution in [2.24, 2.45) is 0 Å². The van der Waals surface area contributed by atoms with Gasteiger partial charge in [0.1, 0.15) is 6.04 Å². The van der Waals surface area contributed by atoms with Gasteiger partial charge in [0.15, 0.2) is 0 Å². The van der Waals surface area contributed by atoms with E-state index < -0.39 is 0 Å². The molecule has 3 heterocycles. The van der Waals surface area contributed by atoms with E-state index in [0.717, 1.165) is 22.2 Å². The maximum atomic E-state index is 12.9. The Balaban J connectivity index is 1.36. The second-order valence-corrected chi connectivity index (χ2v) is 7.55. The third-order valence-corrected chi connectivity index (χ3v) is 5.94. The lowest BCUT2D eigenvalue weighted by Crippen LogP contribution is -2.53. The molecular formula is C21H18ClN3O2. The van der Waals surface area contributed by atoms with E-state index in [0.29, 0.717) is 24.4 Å². The van der Waals surface area contributed by atoms with Crippen molar-refractivity contribution in [3.05, 3.63) is 65.3 Å². The molecule has 2 aliphatic rings. The van der Waals surface area contributed by atoms with E-state index in [1.54, 1.807) is 15.9 Å². The molecule has 2 aliphatic heterocycles. The summed E-state index contributed by atoms with van der Waals surface area (Å²) >= 11 is 6.28. The smallest absolute Gasteiger partial charge is 0.250 e. The largest absolute Gasteiger partial charge is 0.361 e. The number of fused-ring (bicyclic) bond motifs is 3. The number of likely N-dealkylation sites (tertiary alicyclic amines) is 1. The zero-order valence-electron chi connectivity index (χ0n) is 14.6. The molecule has 2 bridgehead atoms. The second kappa shape index (κ2) is 6.13. The molecule has 0 radical (unpaired) electrons. The minimum atomic E-state index is -0.385. The molecule has 2 saturated heterocycles. The van der Waals surface area contributed by atoms with Gasteiger partial charge in [-0.15, -0.1) is 0 Å². The lowest BCUT2D eigenvalue weighted by atomic mass is 10.1. The van der Waals surface area contributed by atoms with Crippen LogP contribution in [-0.2, 0) is 16.0 Å². The van der Waals surface area contributed by atoms with Crippen LogP contribution in [0.3, 0.4) is 0 Å². The number of carbonyl (C=O) groups excluding carboxylic acids is 2. The number of para-hydroxylation sites is 2. The van der Waals surface area contributed by atoms with Gasteiger partial charge in [0.25, 0.3) is 0 Å². The molecule has 2 aromatic carbocycles. The van der Waals surface area contributed by atoms with Crippen molar-refractivity contribution in [3.63, 3.8) is 0 Å². The number of aromatic amines is 1. The van der Waals surface area contributed by atoms with Gasteiger partial charge in [-0.3, -0.25) is 9.59 Å². The Morgan fingerprint density at radius 3 is 2.74 bits per heavy atom. The lowest BCUT2D eigenvalue weighted by molar-refractivity contribution is -0.137. The molecule has 5 nitrogen and oxygen atoms in total. The number of aromatic nitrogens is 1. The van der Waals surface area contributed by atoms with Crippen LogP contribution in [-0.4, -0.2) is 40.3 Å². The molecule has 0 unspecified atom stereocenters. The van der Waals surface area contributed by atoms with Crippen LogP contribution in [0.1, 0.15) is 12.0 Å². The van der Waals surface area contributed by atoms with Crippen molar-refractivity contribution in [1.29, 1.82) is 0 Å². The topological polar surface area (TPSA) is 56.4 Å². The number of hydrogen-bond donors (Lipinski definition) is 1. The summed E-state index contributed by atoms with van der Waals surface area (Å²) in [6.07, 6.45) is 2.85. The van der Waals surface area contributed by atoms with Crippen molar-refractivity contribution in [2.45, 2.75) is 24.9 Å². The number of benzene rings is 2. The van der Waals surface area contributed by atoms with Gasteiger partial charge in [0, 0.05) is 23.6 Å². The van der Waals surface area contributed by atoms with Gasteiger partial charge < -0.3 is 14.8 Å². The highest BCUT2D eigenvalue weighted by Crippen LogP contribution is 2.39. The number of hydrogen-bond acceptors (Lipinski definition) is 2. The average Bonchev–Trinajstić information content (AvgIpc) is 3.36. The first-order chi connectivity index (χ1) is 13.1. The van der Waals surface area contributed by atoms with E-state index in [-0.39, 0.29) is 23.9 Å². The van der Waals surface area contributed by atoms with Gasteiger partial charge >= 0.3 is 0 Å². The number of halogens is 1. The van der Waals surface area contributed by atoms with E-state index in [1.807, 2.05) is 48.7 Å². The monoisotopic (exact) mass is 379 g/mol. The minimum absolute atomic E-state index is 0.000545. The summed E-state index contributed by atoms with van der Waals surface area (Å²) < 4.78 is 0. The fraction of sp³-hybridized carbons (Fsp3) is 0.238. The Morgan fingerprint density at radius 1 is 1.15 bits per heavy atom. The first-order valence-electron chi connectivity index (χ1n) is 9.05. The number of anilines is 1. The molecule has 0 spiro atoms. The summed E-state index contributed by atoms with van der Waals surface area (Å²) in [5, 5.41) is 1.62. The van der Waals surface area contributed by atoms with Crippen LogP contribution in [0, 0.1) is 0 Å². The number of rotatable bonds is 3. The molecule has 5 rings (SSSR count). The van der Waals surface area contributed by atoms with Crippen LogP contribution in [0.2, 0.25) is 5.02 Å². The van der Waals surface area contributed by atoms with Crippen LogP contribution in [0.15, 0.2) is 54.7 Å². The van der Waals surface area contributed by atoms with E-state index in [4.69, 9.17) is 11.6 Å². The summed E-state index contributed by atoms with van der Waals surface area (Å²) in [4.78, 5) is 32.5. The average molecular weight is 380 g/mol. The minimum Gasteiger partial charge on any atom is -0.361 e. The normalized spacial score (nSPS) is 21.4. The maximum Gasteiger partial charge on any atom is 0.250 e. The molecule has 3 aromatic rings. The summed E-state index contributed by atoms with van der Waals surface area (Å²) in [7, 11) is 0. The molecule has 1 N–H and O–H groups in total. The number of piperazine rings is 1. The third kappa shape index (κ3) is 2.53. The number of H-pyrrole nitrogens is 1. The highest BCUT2D eigenvalue weighted by atomic mass is 35.5. The van der Waals surface area contributed by atoms with Gasteiger partial charge in [-0.1, -0.05) is 41.9 Å². The number of nitrogens with one attached hydrogen (secondary N) is 1. The molecule has 0 aliphatic carbocycles. The molecule has 1 aromatic heterocycles. The van der Waals surface area contributed by atoms with Crippen LogP contribution < -0.4 is 4.90 Å². The number of carbonyl (C=O) groups is 2. The zero-order chi connectivity index (χ0) is 18.5. The van der Waals surface area contributed by atoms with Crippen LogP contribution in [0.25, 0.3) is 10.9 Å². The van der Waals surface area contributed by atoms with Gasteiger partial charge in [-0.05, 0) is 30.2 Å². The van der Waals surface area contributed by atoms with Crippen LogP contribution in [0.4, 0.5) is 5.69 Å². The predicted molar refractivity (Wildman–Crippen MR) is 105 cm³/mol. The van der Waals surface area contributed by atoms with Gasteiger partial charge in [0.05, 0.1) is 23.2 Å². The predicted octanol–water partition coefficient (Wildman–Crippen LogP) is 3.38. The standard InChI is InChI=1S/C21H18ClN3O2/c22-16-6-2-4-8-18(16)25-14-10-19(21(25)27)24(12-14)20(26)9-13-11-23-17-7-3-1-5-15(13)17/h1-8,11,14,19,23H,9-10,12H2/t14-,19-/m0/s1. The molecular weight excluding hydrogens is 362 g/mol. The fourth-order valence-corrected chi connectivity index (χ4v) is 4.58. The number of amides is 2. The quantitative estimate of drug-likeness (QED) is 0.758. The SMILES string of the molecule is O=C(Cc1c[nH]c2ccccc12)N1C[C@@H]2C[C@H]1C(=O)N2c1ccccc1Cl. The van der Waals surface area contributed by atoms with Crippen LogP contribution in [0.5, 0.6) is 0 Å². The molecule has 136 valence electrons. The van der Waals surface area contributed by atoms with Crippen molar-refractivity contribution in [1.82, 2.24) is 9.88 Å². The van der Waals surface area contributed by atoms with Gasteiger partial charge in [0.2, 0.25) is 11.8 Å². The maximum absolute atomic E-state index is 12.9. The fourth-order valence-electron chi connectivity index (χ4n) is 4.36.